The minimum Gasteiger partial charge on any atom is -0.491 e. The molecule has 4 rings (SSSR count). The standard InChI is InChI=1S/C25H28N2OS2/c1-2-3-4-5-9-16-28-23-18-30-24-22(17-29-25(23)24)27(20-10-7-6-8-11-20)21-14-12-19(26)13-15-21/h6-8,10-15,17-18H,2-5,9,16,26H2,1H3. The zero-order chi connectivity index (χ0) is 20.8. The van der Waals surface area contributed by atoms with Gasteiger partial charge in [0.25, 0.3) is 0 Å². The Hall–Kier alpha value is -2.50. The normalized spacial score (nSPS) is 11.1. The Bertz CT molecular complexity index is 1050. The lowest BCUT2D eigenvalue weighted by molar-refractivity contribution is 0.309. The van der Waals surface area contributed by atoms with Crippen molar-refractivity contribution in [3.63, 3.8) is 0 Å². The molecule has 2 N–H and O–H groups in total. The van der Waals surface area contributed by atoms with E-state index in [1.165, 1.54) is 40.8 Å². The molecule has 0 saturated carbocycles. The van der Waals surface area contributed by atoms with Crippen LogP contribution in [0.25, 0.3) is 9.40 Å². The van der Waals surface area contributed by atoms with E-state index in [1.54, 1.807) is 22.7 Å². The third-order valence-electron chi connectivity index (χ3n) is 5.15. The molecule has 30 heavy (non-hydrogen) atoms. The van der Waals surface area contributed by atoms with Crippen LogP contribution in [0.5, 0.6) is 5.75 Å². The van der Waals surface area contributed by atoms with Crippen molar-refractivity contribution in [3.8, 4) is 5.75 Å². The molecule has 0 atom stereocenters. The Balaban J connectivity index is 1.60. The van der Waals surface area contributed by atoms with Crippen LogP contribution in [0.1, 0.15) is 39.0 Å². The van der Waals surface area contributed by atoms with Crippen molar-refractivity contribution >= 4 is 54.8 Å². The van der Waals surface area contributed by atoms with E-state index >= 15 is 0 Å². The van der Waals surface area contributed by atoms with Crippen LogP contribution in [0, 0.1) is 0 Å². The van der Waals surface area contributed by atoms with Crippen LogP contribution in [0.4, 0.5) is 22.7 Å². The van der Waals surface area contributed by atoms with Gasteiger partial charge < -0.3 is 15.4 Å². The Morgan fingerprint density at radius 1 is 0.800 bits per heavy atom. The van der Waals surface area contributed by atoms with E-state index in [9.17, 15) is 0 Å². The van der Waals surface area contributed by atoms with Crippen molar-refractivity contribution in [1.29, 1.82) is 0 Å². The predicted molar refractivity (Wildman–Crippen MR) is 133 cm³/mol. The van der Waals surface area contributed by atoms with Gasteiger partial charge in [-0.3, -0.25) is 0 Å². The second-order valence-electron chi connectivity index (χ2n) is 7.40. The predicted octanol–water partition coefficient (Wildman–Crippen LogP) is 8.36. The summed E-state index contributed by atoms with van der Waals surface area (Å²) in [6, 6.07) is 18.5. The van der Waals surface area contributed by atoms with Crippen molar-refractivity contribution in [2.45, 2.75) is 39.0 Å². The molecule has 156 valence electrons. The van der Waals surface area contributed by atoms with Crippen molar-refractivity contribution in [3.05, 3.63) is 65.4 Å². The molecule has 0 aliphatic heterocycles. The van der Waals surface area contributed by atoms with Gasteiger partial charge in [0.15, 0.2) is 0 Å². The van der Waals surface area contributed by atoms with E-state index in [0.717, 1.165) is 35.8 Å². The van der Waals surface area contributed by atoms with Gasteiger partial charge in [-0.1, -0.05) is 50.8 Å². The van der Waals surface area contributed by atoms with Crippen LogP contribution >= 0.6 is 22.7 Å². The first-order valence-electron chi connectivity index (χ1n) is 10.6. The van der Waals surface area contributed by atoms with E-state index in [4.69, 9.17) is 10.5 Å². The van der Waals surface area contributed by atoms with Gasteiger partial charge in [-0.25, -0.2) is 0 Å². The van der Waals surface area contributed by atoms with E-state index < -0.39 is 0 Å². The minimum absolute atomic E-state index is 0.771. The quantitative estimate of drug-likeness (QED) is 0.200. The van der Waals surface area contributed by atoms with E-state index in [1.807, 2.05) is 18.2 Å². The highest BCUT2D eigenvalue weighted by Gasteiger charge is 2.19. The molecule has 0 radical (unpaired) electrons. The first-order chi connectivity index (χ1) is 14.8. The molecule has 5 heteroatoms. The fourth-order valence-electron chi connectivity index (χ4n) is 3.56. The van der Waals surface area contributed by atoms with E-state index in [0.29, 0.717) is 0 Å². The number of nitrogens with two attached hydrogens (primary N) is 1. The van der Waals surface area contributed by atoms with Crippen LogP contribution in [0.2, 0.25) is 0 Å². The summed E-state index contributed by atoms with van der Waals surface area (Å²) in [5.41, 5.74) is 10.1. The van der Waals surface area contributed by atoms with Crippen LogP contribution in [0.3, 0.4) is 0 Å². The minimum atomic E-state index is 0.771. The van der Waals surface area contributed by atoms with Crippen molar-refractivity contribution in [2.24, 2.45) is 0 Å². The van der Waals surface area contributed by atoms with Gasteiger partial charge in [0.05, 0.1) is 21.7 Å². The van der Waals surface area contributed by atoms with Gasteiger partial charge in [-0.2, -0.15) is 0 Å². The van der Waals surface area contributed by atoms with E-state index in [2.05, 4.69) is 59.0 Å². The van der Waals surface area contributed by atoms with Gasteiger partial charge in [0.2, 0.25) is 0 Å². The number of nitrogens with zero attached hydrogens (tertiary/aromatic N) is 1. The molecule has 0 unspecified atom stereocenters. The number of hydrogen-bond acceptors (Lipinski definition) is 5. The Kier molecular flexibility index (Phi) is 6.92. The number of thiophene rings is 2. The molecule has 3 nitrogen and oxygen atoms in total. The highest BCUT2D eigenvalue weighted by atomic mass is 32.1. The molecule has 0 bridgehead atoms. The van der Waals surface area contributed by atoms with Crippen LogP contribution in [0.15, 0.2) is 65.4 Å². The van der Waals surface area contributed by atoms with Gasteiger partial charge >= 0.3 is 0 Å². The monoisotopic (exact) mass is 436 g/mol. The summed E-state index contributed by atoms with van der Waals surface area (Å²) in [4.78, 5) is 2.29. The lowest BCUT2D eigenvalue weighted by Gasteiger charge is -2.24. The van der Waals surface area contributed by atoms with Gasteiger partial charge in [-0.05, 0) is 42.8 Å². The number of ether oxygens (including phenoxy) is 1. The van der Waals surface area contributed by atoms with Crippen LogP contribution in [-0.2, 0) is 0 Å². The van der Waals surface area contributed by atoms with Crippen molar-refractivity contribution < 1.29 is 4.74 Å². The summed E-state index contributed by atoms with van der Waals surface area (Å²) in [5, 5.41) is 4.39. The second kappa shape index (κ2) is 10.0. The van der Waals surface area contributed by atoms with Gasteiger partial charge in [-0.15, -0.1) is 22.7 Å². The average Bonchev–Trinajstić information content (AvgIpc) is 3.36. The summed E-state index contributed by atoms with van der Waals surface area (Å²) in [6.45, 7) is 3.04. The molecule has 0 saturated heterocycles. The highest BCUT2D eigenvalue weighted by molar-refractivity contribution is 7.27. The summed E-state index contributed by atoms with van der Waals surface area (Å²) >= 11 is 3.52. The van der Waals surface area contributed by atoms with E-state index in [-0.39, 0.29) is 0 Å². The zero-order valence-corrected chi connectivity index (χ0v) is 19.0. The summed E-state index contributed by atoms with van der Waals surface area (Å²) in [6.07, 6.45) is 6.26. The number of para-hydroxylation sites is 1. The molecule has 0 aliphatic rings. The number of hydrogen-bond donors (Lipinski definition) is 1. The molecule has 0 amide bonds. The maximum absolute atomic E-state index is 6.15. The molecule has 2 heterocycles. The van der Waals surface area contributed by atoms with Gasteiger partial charge in [0.1, 0.15) is 5.75 Å². The number of nitrogen functional groups attached to an aromatic ring is 1. The zero-order valence-electron chi connectivity index (χ0n) is 17.3. The maximum atomic E-state index is 6.15. The Morgan fingerprint density at radius 3 is 2.27 bits per heavy atom. The summed E-state index contributed by atoms with van der Waals surface area (Å²) in [7, 11) is 0. The Morgan fingerprint density at radius 2 is 1.50 bits per heavy atom. The third-order valence-corrected chi connectivity index (χ3v) is 7.24. The number of unbranched alkanes of at least 4 members (excludes halogenated alkanes) is 4. The van der Waals surface area contributed by atoms with Crippen LogP contribution < -0.4 is 15.4 Å². The Labute approximate surface area is 186 Å². The largest absolute Gasteiger partial charge is 0.491 e. The third kappa shape index (κ3) is 4.63. The number of anilines is 4. The van der Waals surface area contributed by atoms with Crippen LogP contribution in [-0.4, -0.2) is 6.61 Å². The molecule has 0 spiro atoms. The SMILES string of the molecule is CCCCCCCOc1csc2c(N(c3ccccc3)c3ccc(N)cc3)csc12. The number of fused-ring (bicyclic) bond motifs is 1. The van der Waals surface area contributed by atoms with Crippen molar-refractivity contribution in [1.82, 2.24) is 0 Å². The maximum Gasteiger partial charge on any atom is 0.147 e. The van der Waals surface area contributed by atoms with Crippen molar-refractivity contribution in [2.75, 3.05) is 17.2 Å². The fourth-order valence-corrected chi connectivity index (χ4v) is 5.78. The fraction of sp³-hybridized carbons (Fsp3) is 0.280. The summed E-state index contributed by atoms with van der Waals surface area (Å²) in [5.74, 6) is 1.02. The molecular formula is C25H28N2OS2. The lowest BCUT2D eigenvalue weighted by Crippen LogP contribution is -2.08. The number of rotatable bonds is 10. The molecule has 0 aliphatic carbocycles. The first-order valence-corrected chi connectivity index (χ1v) is 12.4. The smallest absolute Gasteiger partial charge is 0.147 e. The molecule has 2 aromatic carbocycles. The molecule has 0 fully saturated rings. The topological polar surface area (TPSA) is 38.5 Å². The molecule has 4 aromatic rings. The second-order valence-corrected chi connectivity index (χ2v) is 9.16. The highest BCUT2D eigenvalue weighted by Crippen LogP contribution is 2.47. The average molecular weight is 437 g/mol. The van der Waals surface area contributed by atoms with Gasteiger partial charge in [0, 0.05) is 27.8 Å². The number of benzene rings is 2. The summed E-state index contributed by atoms with van der Waals surface area (Å²) < 4.78 is 8.65. The first kappa shape index (κ1) is 20.8. The molecular weight excluding hydrogens is 408 g/mol. The molecule has 2 aromatic heterocycles. The lowest BCUT2D eigenvalue weighted by atomic mass is 10.2.